The highest BCUT2D eigenvalue weighted by Crippen LogP contribution is 2.20. The SMILES string of the molecule is CC1CC2CNCC2NO1. The maximum absolute atomic E-state index is 5.30. The molecule has 3 nitrogen and oxygen atoms in total. The number of nitrogens with one attached hydrogen (secondary N) is 2. The van der Waals surface area contributed by atoms with Crippen LogP contribution in [0.25, 0.3) is 0 Å². The Kier molecular flexibility index (Phi) is 1.64. The highest BCUT2D eigenvalue weighted by Gasteiger charge is 2.32. The van der Waals surface area contributed by atoms with Gasteiger partial charge in [-0.1, -0.05) is 0 Å². The van der Waals surface area contributed by atoms with Gasteiger partial charge in [0, 0.05) is 12.6 Å². The maximum Gasteiger partial charge on any atom is 0.0766 e. The molecular formula is C7H14N2O. The third kappa shape index (κ3) is 1.05. The summed E-state index contributed by atoms with van der Waals surface area (Å²) >= 11 is 0. The van der Waals surface area contributed by atoms with Gasteiger partial charge in [-0.05, 0) is 25.8 Å². The van der Waals surface area contributed by atoms with Crippen molar-refractivity contribution in [3.63, 3.8) is 0 Å². The molecule has 0 amide bonds. The zero-order valence-electron chi connectivity index (χ0n) is 6.26. The molecule has 2 heterocycles. The van der Waals surface area contributed by atoms with Crippen LogP contribution >= 0.6 is 0 Å². The topological polar surface area (TPSA) is 33.3 Å². The van der Waals surface area contributed by atoms with E-state index in [2.05, 4.69) is 17.7 Å². The second kappa shape index (κ2) is 2.49. The van der Waals surface area contributed by atoms with Crippen molar-refractivity contribution in [3.05, 3.63) is 0 Å². The first kappa shape index (κ1) is 6.58. The van der Waals surface area contributed by atoms with Crippen molar-refractivity contribution in [2.45, 2.75) is 25.5 Å². The summed E-state index contributed by atoms with van der Waals surface area (Å²) in [5.41, 5.74) is 3.07. The average molecular weight is 142 g/mol. The van der Waals surface area contributed by atoms with Gasteiger partial charge in [0.1, 0.15) is 0 Å². The van der Waals surface area contributed by atoms with Crippen molar-refractivity contribution >= 4 is 0 Å². The number of hydrogen-bond donors (Lipinski definition) is 2. The van der Waals surface area contributed by atoms with E-state index in [1.54, 1.807) is 0 Å². The van der Waals surface area contributed by atoms with Crippen LogP contribution in [0, 0.1) is 5.92 Å². The van der Waals surface area contributed by atoms with Crippen LogP contribution in [0.15, 0.2) is 0 Å². The lowest BCUT2D eigenvalue weighted by atomic mass is 9.96. The largest absolute Gasteiger partial charge is 0.315 e. The van der Waals surface area contributed by atoms with Gasteiger partial charge in [-0.2, -0.15) is 5.48 Å². The Labute approximate surface area is 61.1 Å². The van der Waals surface area contributed by atoms with Crippen LogP contribution in [0.1, 0.15) is 13.3 Å². The minimum absolute atomic E-state index is 0.390. The molecule has 10 heavy (non-hydrogen) atoms. The molecule has 3 heteroatoms. The number of fused-ring (bicyclic) bond motifs is 1. The van der Waals surface area contributed by atoms with Crippen LogP contribution in [0.2, 0.25) is 0 Å². The van der Waals surface area contributed by atoms with Gasteiger partial charge in [-0.15, -0.1) is 0 Å². The standard InChI is InChI=1S/C7H14N2O/c1-5-2-6-3-8-4-7(6)9-10-5/h5-9H,2-4H2,1H3. The monoisotopic (exact) mass is 142 g/mol. The summed E-state index contributed by atoms with van der Waals surface area (Å²) in [6, 6.07) is 0.566. The minimum atomic E-state index is 0.390. The van der Waals surface area contributed by atoms with Crippen LogP contribution in [-0.4, -0.2) is 25.2 Å². The van der Waals surface area contributed by atoms with Crippen molar-refractivity contribution < 1.29 is 4.84 Å². The zero-order valence-corrected chi connectivity index (χ0v) is 6.26. The molecule has 58 valence electrons. The van der Waals surface area contributed by atoms with Gasteiger partial charge < -0.3 is 5.32 Å². The first-order valence-electron chi connectivity index (χ1n) is 3.98. The van der Waals surface area contributed by atoms with Gasteiger partial charge in [-0.25, -0.2) is 0 Å². The van der Waals surface area contributed by atoms with Gasteiger partial charge in [0.05, 0.1) is 6.10 Å². The molecule has 0 bridgehead atoms. The number of rotatable bonds is 0. The average Bonchev–Trinajstić information content (AvgIpc) is 2.33. The molecule has 3 atom stereocenters. The molecule has 2 aliphatic rings. The Morgan fingerprint density at radius 3 is 3.20 bits per heavy atom. The second-order valence-corrected chi connectivity index (χ2v) is 3.31. The van der Waals surface area contributed by atoms with Crippen LogP contribution in [0.3, 0.4) is 0 Å². The van der Waals surface area contributed by atoms with Gasteiger partial charge >= 0.3 is 0 Å². The molecule has 2 fully saturated rings. The molecule has 0 saturated carbocycles. The molecule has 2 N–H and O–H groups in total. The molecule has 0 aromatic carbocycles. The van der Waals surface area contributed by atoms with Gasteiger partial charge in [0.25, 0.3) is 0 Å². The number of hydrogen-bond acceptors (Lipinski definition) is 3. The van der Waals surface area contributed by atoms with E-state index in [9.17, 15) is 0 Å². The second-order valence-electron chi connectivity index (χ2n) is 3.31. The third-order valence-corrected chi connectivity index (χ3v) is 2.40. The summed E-state index contributed by atoms with van der Waals surface area (Å²) in [6.07, 6.45) is 1.59. The van der Waals surface area contributed by atoms with Crippen molar-refractivity contribution in [3.8, 4) is 0 Å². The fourth-order valence-electron chi connectivity index (χ4n) is 1.80. The minimum Gasteiger partial charge on any atom is -0.315 e. The predicted molar refractivity (Wildman–Crippen MR) is 38.4 cm³/mol. The van der Waals surface area contributed by atoms with Gasteiger partial charge in [0.2, 0.25) is 0 Å². The highest BCUT2D eigenvalue weighted by molar-refractivity contribution is 4.87. The molecule has 0 aromatic rings. The Morgan fingerprint density at radius 2 is 2.30 bits per heavy atom. The van der Waals surface area contributed by atoms with E-state index in [4.69, 9.17) is 4.84 Å². The normalized spacial score (nSPS) is 47.1. The van der Waals surface area contributed by atoms with Crippen LogP contribution < -0.4 is 10.8 Å². The fraction of sp³-hybridized carbons (Fsp3) is 1.00. The molecular weight excluding hydrogens is 128 g/mol. The lowest BCUT2D eigenvalue weighted by molar-refractivity contribution is -0.0827. The molecule has 2 rings (SSSR count). The molecule has 0 aromatic heterocycles. The summed E-state index contributed by atoms with van der Waals surface area (Å²) in [5, 5.41) is 3.34. The van der Waals surface area contributed by atoms with Crippen molar-refractivity contribution in [1.29, 1.82) is 0 Å². The van der Waals surface area contributed by atoms with Gasteiger partial charge in [-0.3, -0.25) is 4.84 Å². The van der Waals surface area contributed by atoms with Crippen molar-refractivity contribution in [2.24, 2.45) is 5.92 Å². The fourth-order valence-corrected chi connectivity index (χ4v) is 1.80. The summed E-state index contributed by atoms with van der Waals surface area (Å²) < 4.78 is 0. The van der Waals surface area contributed by atoms with E-state index in [0.29, 0.717) is 12.1 Å². The number of hydroxylamine groups is 1. The summed E-state index contributed by atoms with van der Waals surface area (Å²) in [5.74, 6) is 0.795. The van der Waals surface area contributed by atoms with Crippen LogP contribution in [0.4, 0.5) is 0 Å². The van der Waals surface area contributed by atoms with Gasteiger partial charge in [0.15, 0.2) is 0 Å². The lowest BCUT2D eigenvalue weighted by Crippen LogP contribution is -2.44. The van der Waals surface area contributed by atoms with E-state index in [1.165, 1.54) is 6.42 Å². The molecule has 0 aliphatic carbocycles. The third-order valence-electron chi connectivity index (χ3n) is 2.40. The van der Waals surface area contributed by atoms with Crippen LogP contribution in [-0.2, 0) is 4.84 Å². The quantitative estimate of drug-likeness (QED) is 0.495. The van der Waals surface area contributed by atoms with Crippen molar-refractivity contribution in [2.75, 3.05) is 13.1 Å². The Morgan fingerprint density at radius 1 is 1.40 bits per heavy atom. The summed E-state index contributed by atoms with van der Waals surface area (Å²) in [7, 11) is 0. The Bertz CT molecular complexity index is 129. The highest BCUT2D eigenvalue weighted by atomic mass is 16.7. The molecule has 2 saturated heterocycles. The van der Waals surface area contributed by atoms with E-state index < -0.39 is 0 Å². The maximum atomic E-state index is 5.30. The molecule has 0 spiro atoms. The van der Waals surface area contributed by atoms with E-state index in [0.717, 1.165) is 19.0 Å². The first-order valence-corrected chi connectivity index (χ1v) is 3.98. The first-order chi connectivity index (χ1) is 4.86. The Balaban J connectivity index is 1.96. The van der Waals surface area contributed by atoms with E-state index >= 15 is 0 Å². The predicted octanol–water partition coefficient (Wildman–Crippen LogP) is -0.112. The molecule has 3 unspecified atom stereocenters. The van der Waals surface area contributed by atoms with Crippen molar-refractivity contribution in [1.82, 2.24) is 10.8 Å². The zero-order chi connectivity index (χ0) is 6.97. The summed E-state index contributed by atoms with van der Waals surface area (Å²) in [6.45, 7) is 4.34. The summed E-state index contributed by atoms with van der Waals surface area (Å²) in [4.78, 5) is 5.30. The molecule has 2 aliphatic heterocycles. The van der Waals surface area contributed by atoms with E-state index in [-0.39, 0.29) is 0 Å². The smallest absolute Gasteiger partial charge is 0.0766 e. The van der Waals surface area contributed by atoms with Crippen LogP contribution in [0.5, 0.6) is 0 Å². The lowest BCUT2D eigenvalue weighted by Gasteiger charge is -2.29. The van der Waals surface area contributed by atoms with E-state index in [1.807, 2.05) is 0 Å². The molecule has 0 radical (unpaired) electrons. The Hall–Kier alpha value is -0.120.